The van der Waals surface area contributed by atoms with Gasteiger partial charge in [-0.2, -0.15) is 10.2 Å². The van der Waals surface area contributed by atoms with Gasteiger partial charge in [0.25, 0.3) is 0 Å². The number of halogens is 1. The van der Waals surface area contributed by atoms with Crippen LogP contribution in [0.5, 0.6) is 0 Å². The number of benzene rings is 1. The van der Waals surface area contributed by atoms with Gasteiger partial charge in [0, 0.05) is 4.47 Å². The largest absolute Gasteiger partial charge is 0.273 e. The van der Waals surface area contributed by atoms with E-state index < -0.39 is 0 Å². The maximum absolute atomic E-state index is 11.5. The van der Waals surface area contributed by atoms with E-state index in [4.69, 9.17) is 0 Å². The lowest BCUT2D eigenvalue weighted by Crippen LogP contribution is -2.20. The van der Waals surface area contributed by atoms with Crippen molar-refractivity contribution in [2.75, 3.05) is 0 Å². The smallest absolute Gasteiger partial charge is 0.245 e. The molecular weight excluding hydrogens is 312 g/mol. The lowest BCUT2D eigenvalue weighted by molar-refractivity contribution is -0.119. The molecule has 1 aromatic carbocycles. The van der Waals surface area contributed by atoms with Gasteiger partial charge < -0.3 is 0 Å². The van der Waals surface area contributed by atoms with Crippen molar-refractivity contribution in [2.24, 2.45) is 10.2 Å². The van der Waals surface area contributed by atoms with E-state index in [2.05, 4.69) is 37.0 Å². The van der Waals surface area contributed by atoms with E-state index in [0.717, 1.165) is 10.0 Å². The standard InChI is InChI=1S/C12H11BrN4O2/c13-9-3-1-8(2-4-9)7-14-16-11(18)5-10-6-12(19)17-15-10/h1-4,7H,5-6H2,(H,16,18)(H,17,19)/b14-7-. The molecule has 2 N–H and O–H groups in total. The zero-order valence-corrected chi connectivity index (χ0v) is 11.5. The van der Waals surface area contributed by atoms with Crippen LogP contribution in [0.15, 0.2) is 38.9 Å². The molecule has 7 heteroatoms. The number of hydrazone groups is 2. The van der Waals surface area contributed by atoms with Crippen LogP contribution < -0.4 is 10.9 Å². The van der Waals surface area contributed by atoms with E-state index in [1.165, 1.54) is 0 Å². The molecular formula is C12H11BrN4O2. The molecule has 1 aliphatic heterocycles. The molecule has 0 radical (unpaired) electrons. The first-order valence-electron chi connectivity index (χ1n) is 5.55. The molecule has 0 spiro atoms. The first-order valence-corrected chi connectivity index (χ1v) is 6.34. The second-order valence-corrected chi connectivity index (χ2v) is 4.83. The summed E-state index contributed by atoms with van der Waals surface area (Å²) in [6, 6.07) is 7.49. The van der Waals surface area contributed by atoms with E-state index >= 15 is 0 Å². The van der Waals surface area contributed by atoms with Gasteiger partial charge in [-0.1, -0.05) is 28.1 Å². The number of hydrogen-bond donors (Lipinski definition) is 2. The van der Waals surface area contributed by atoms with Crippen LogP contribution in [0.1, 0.15) is 18.4 Å². The van der Waals surface area contributed by atoms with Gasteiger partial charge in [-0.05, 0) is 17.7 Å². The van der Waals surface area contributed by atoms with E-state index in [1.54, 1.807) is 6.21 Å². The number of carbonyl (C=O) groups excluding carboxylic acids is 2. The predicted molar refractivity (Wildman–Crippen MR) is 74.7 cm³/mol. The zero-order valence-electron chi connectivity index (χ0n) is 9.89. The monoisotopic (exact) mass is 322 g/mol. The third kappa shape index (κ3) is 4.29. The summed E-state index contributed by atoms with van der Waals surface area (Å²) in [7, 11) is 0. The SMILES string of the molecule is O=C1CC(CC(=O)N/N=C\c2ccc(Br)cc2)=NN1. The van der Waals surface area contributed by atoms with Crippen molar-refractivity contribution in [3.8, 4) is 0 Å². The fraction of sp³-hybridized carbons (Fsp3) is 0.167. The molecule has 19 heavy (non-hydrogen) atoms. The number of carbonyl (C=O) groups is 2. The highest BCUT2D eigenvalue weighted by atomic mass is 79.9. The molecule has 0 unspecified atom stereocenters. The second kappa shape index (κ2) is 6.24. The number of hydrogen-bond acceptors (Lipinski definition) is 4. The van der Waals surface area contributed by atoms with Crippen molar-refractivity contribution in [2.45, 2.75) is 12.8 Å². The van der Waals surface area contributed by atoms with Crippen LogP contribution >= 0.6 is 15.9 Å². The van der Waals surface area contributed by atoms with Gasteiger partial charge in [0.05, 0.1) is 24.8 Å². The Morgan fingerprint density at radius 1 is 1.47 bits per heavy atom. The summed E-state index contributed by atoms with van der Waals surface area (Å²) < 4.78 is 0.977. The Morgan fingerprint density at radius 3 is 2.84 bits per heavy atom. The van der Waals surface area contributed by atoms with Gasteiger partial charge in [0.2, 0.25) is 11.8 Å². The number of nitrogens with zero attached hydrogens (tertiary/aromatic N) is 2. The summed E-state index contributed by atoms with van der Waals surface area (Å²) in [5.74, 6) is -0.496. The summed E-state index contributed by atoms with van der Waals surface area (Å²) in [5, 5.41) is 7.56. The quantitative estimate of drug-likeness (QED) is 0.644. The van der Waals surface area contributed by atoms with Crippen LogP contribution in [-0.4, -0.2) is 23.7 Å². The normalized spacial score (nSPS) is 14.4. The molecule has 2 rings (SSSR count). The lowest BCUT2D eigenvalue weighted by atomic mass is 10.2. The van der Waals surface area contributed by atoms with Crippen LogP contribution in [0.3, 0.4) is 0 Å². The van der Waals surface area contributed by atoms with Crippen molar-refractivity contribution < 1.29 is 9.59 Å². The van der Waals surface area contributed by atoms with Crippen molar-refractivity contribution in [1.29, 1.82) is 0 Å². The number of rotatable bonds is 4. The summed E-state index contributed by atoms with van der Waals surface area (Å²) >= 11 is 3.33. The highest BCUT2D eigenvalue weighted by Crippen LogP contribution is 2.08. The maximum Gasteiger partial charge on any atom is 0.245 e. The molecule has 6 nitrogen and oxygen atoms in total. The Kier molecular flexibility index (Phi) is 4.40. The van der Waals surface area contributed by atoms with Crippen molar-refractivity contribution in [3.63, 3.8) is 0 Å². The predicted octanol–water partition coefficient (Wildman–Crippen LogP) is 1.17. The van der Waals surface area contributed by atoms with E-state index in [-0.39, 0.29) is 24.7 Å². The molecule has 2 amide bonds. The average molecular weight is 323 g/mol. The Morgan fingerprint density at radius 2 is 2.21 bits per heavy atom. The Labute approximate surface area is 118 Å². The third-order valence-electron chi connectivity index (χ3n) is 2.34. The lowest BCUT2D eigenvalue weighted by Gasteiger charge is -1.98. The first kappa shape index (κ1) is 13.4. The summed E-state index contributed by atoms with van der Waals surface area (Å²) in [6.45, 7) is 0. The van der Waals surface area contributed by atoms with Crippen LogP contribution in [0.25, 0.3) is 0 Å². The first-order chi connectivity index (χ1) is 9.13. The molecule has 98 valence electrons. The third-order valence-corrected chi connectivity index (χ3v) is 2.87. The van der Waals surface area contributed by atoms with Crippen LogP contribution in [-0.2, 0) is 9.59 Å². The fourth-order valence-electron chi connectivity index (χ4n) is 1.46. The molecule has 1 heterocycles. The molecule has 0 atom stereocenters. The van der Waals surface area contributed by atoms with Gasteiger partial charge in [-0.25, -0.2) is 10.9 Å². The maximum atomic E-state index is 11.5. The summed E-state index contributed by atoms with van der Waals surface area (Å²) in [5.41, 5.74) is 6.06. The van der Waals surface area contributed by atoms with Gasteiger partial charge in [0.1, 0.15) is 0 Å². The minimum atomic E-state index is -0.302. The Balaban J connectivity index is 1.80. The topological polar surface area (TPSA) is 82.9 Å². The minimum Gasteiger partial charge on any atom is -0.273 e. The summed E-state index contributed by atoms with van der Waals surface area (Å²) in [6.07, 6.45) is 1.78. The highest BCUT2D eigenvalue weighted by molar-refractivity contribution is 9.10. The van der Waals surface area contributed by atoms with E-state index in [1.807, 2.05) is 24.3 Å². The molecule has 0 aliphatic carbocycles. The second-order valence-electron chi connectivity index (χ2n) is 3.91. The van der Waals surface area contributed by atoms with Crippen molar-refractivity contribution in [3.05, 3.63) is 34.3 Å². The molecule has 0 aromatic heterocycles. The molecule has 0 fully saturated rings. The number of amides is 2. The van der Waals surface area contributed by atoms with Gasteiger partial charge >= 0.3 is 0 Å². The van der Waals surface area contributed by atoms with E-state index in [9.17, 15) is 9.59 Å². The zero-order chi connectivity index (χ0) is 13.7. The molecule has 0 saturated carbocycles. The molecule has 1 aromatic rings. The molecule has 0 bridgehead atoms. The Hall–Kier alpha value is -2.02. The van der Waals surface area contributed by atoms with Gasteiger partial charge in [-0.15, -0.1) is 0 Å². The van der Waals surface area contributed by atoms with E-state index in [0.29, 0.717) is 5.71 Å². The molecule has 1 aliphatic rings. The van der Waals surface area contributed by atoms with Crippen LogP contribution in [0.2, 0.25) is 0 Å². The van der Waals surface area contributed by atoms with Crippen LogP contribution in [0.4, 0.5) is 0 Å². The summed E-state index contributed by atoms with van der Waals surface area (Å²) in [4.78, 5) is 22.4. The fourth-order valence-corrected chi connectivity index (χ4v) is 1.72. The van der Waals surface area contributed by atoms with Gasteiger partial charge in [-0.3, -0.25) is 9.59 Å². The Bertz CT molecular complexity index is 551. The van der Waals surface area contributed by atoms with Crippen molar-refractivity contribution in [1.82, 2.24) is 10.9 Å². The van der Waals surface area contributed by atoms with Crippen LogP contribution in [0, 0.1) is 0 Å². The van der Waals surface area contributed by atoms with Gasteiger partial charge in [0.15, 0.2) is 0 Å². The number of nitrogens with one attached hydrogen (secondary N) is 2. The highest BCUT2D eigenvalue weighted by Gasteiger charge is 2.16. The minimum absolute atomic E-state index is 0.0659. The van der Waals surface area contributed by atoms with Crippen molar-refractivity contribution >= 4 is 39.7 Å². The molecule has 0 saturated heterocycles. The average Bonchev–Trinajstić information content (AvgIpc) is 2.77.